The van der Waals surface area contributed by atoms with E-state index >= 15 is 0 Å². The van der Waals surface area contributed by atoms with E-state index in [1.54, 1.807) is 0 Å². The minimum Gasteiger partial charge on any atom is -0.306 e. The predicted octanol–water partition coefficient (Wildman–Crippen LogP) is 3.30. The molecule has 0 N–H and O–H groups in total. The Balaban J connectivity index is 2.03. The highest BCUT2D eigenvalue weighted by molar-refractivity contribution is 4.67. The van der Waals surface area contributed by atoms with Crippen LogP contribution < -0.4 is 0 Å². The van der Waals surface area contributed by atoms with Crippen LogP contribution in [0, 0.1) is 5.92 Å². The van der Waals surface area contributed by atoms with E-state index in [4.69, 9.17) is 0 Å². The first-order valence-corrected chi connectivity index (χ1v) is 6.01. The number of hydrogen-bond donors (Lipinski definition) is 0. The van der Waals surface area contributed by atoms with Gasteiger partial charge in [0.15, 0.2) is 0 Å². The van der Waals surface area contributed by atoms with Crippen LogP contribution in [0.15, 0.2) is 0 Å². The highest BCUT2D eigenvalue weighted by Gasteiger charge is 2.13. The molecule has 13 heavy (non-hydrogen) atoms. The van der Waals surface area contributed by atoms with Crippen LogP contribution in [0.1, 0.15) is 51.9 Å². The Hall–Kier alpha value is -0.0400. The molecule has 1 fully saturated rings. The molecule has 1 rings (SSSR count). The van der Waals surface area contributed by atoms with E-state index in [-0.39, 0.29) is 0 Å². The van der Waals surface area contributed by atoms with E-state index < -0.39 is 0 Å². The maximum absolute atomic E-state index is 2.48. The van der Waals surface area contributed by atoms with Gasteiger partial charge in [-0.25, -0.2) is 0 Å². The van der Waals surface area contributed by atoms with Crippen molar-refractivity contribution in [3.05, 3.63) is 0 Å². The van der Waals surface area contributed by atoms with Crippen molar-refractivity contribution in [3.63, 3.8) is 0 Å². The van der Waals surface area contributed by atoms with Crippen molar-refractivity contribution >= 4 is 0 Å². The van der Waals surface area contributed by atoms with Crippen LogP contribution in [0.2, 0.25) is 0 Å². The smallest absolute Gasteiger partial charge is 0.00191 e. The molecule has 0 aromatic carbocycles. The summed E-state index contributed by atoms with van der Waals surface area (Å²) in [4.78, 5) is 2.48. The quantitative estimate of drug-likeness (QED) is 0.632. The average molecular weight is 183 g/mol. The van der Waals surface area contributed by atoms with Crippen molar-refractivity contribution in [2.75, 3.05) is 20.1 Å². The average Bonchev–Trinajstić information content (AvgIpc) is 2.17. The standard InChI is InChI=1S/C12H25N/c1-3-10-13(2)11-9-12-7-5-4-6-8-12/h12H,3-11H2,1-2H3. The number of nitrogens with zero attached hydrogens (tertiary/aromatic N) is 1. The predicted molar refractivity (Wildman–Crippen MR) is 59.0 cm³/mol. The molecule has 0 spiro atoms. The van der Waals surface area contributed by atoms with E-state index in [0.29, 0.717) is 0 Å². The summed E-state index contributed by atoms with van der Waals surface area (Å²) in [6.45, 7) is 4.85. The van der Waals surface area contributed by atoms with Crippen LogP contribution in [0.25, 0.3) is 0 Å². The van der Waals surface area contributed by atoms with Crippen molar-refractivity contribution in [1.29, 1.82) is 0 Å². The molecule has 0 aromatic rings. The largest absolute Gasteiger partial charge is 0.306 e. The minimum atomic E-state index is 1.05. The lowest BCUT2D eigenvalue weighted by Gasteiger charge is -2.24. The summed E-state index contributed by atoms with van der Waals surface area (Å²) in [6.07, 6.45) is 10.2. The molecule has 0 unspecified atom stereocenters. The summed E-state index contributed by atoms with van der Waals surface area (Å²) in [7, 11) is 2.26. The third-order valence-corrected chi connectivity index (χ3v) is 3.25. The maximum atomic E-state index is 2.48. The number of hydrogen-bond acceptors (Lipinski definition) is 1. The molecule has 0 atom stereocenters. The van der Waals surface area contributed by atoms with Crippen molar-refractivity contribution in [2.45, 2.75) is 51.9 Å². The molecule has 1 aliphatic rings. The van der Waals surface area contributed by atoms with Crippen LogP contribution in [-0.2, 0) is 0 Å². The van der Waals surface area contributed by atoms with Gasteiger partial charge in [-0.05, 0) is 38.9 Å². The maximum Gasteiger partial charge on any atom is -0.00191 e. The molecule has 0 aliphatic heterocycles. The van der Waals surface area contributed by atoms with E-state index in [1.165, 1.54) is 58.0 Å². The van der Waals surface area contributed by atoms with E-state index in [9.17, 15) is 0 Å². The molecule has 0 saturated heterocycles. The number of rotatable bonds is 5. The summed E-state index contributed by atoms with van der Waals surface area (Å²) in [5.74, 6) is 1.05. The van der Waals surface area contributed by atoms with E-state index in [1.807, 2.05) is 0 Å². The van der Waals surface area contributed by atoms with E-state index in [0.717, 1.165) is 5.92 Å². The van der Waals surface area contributed by atoms with Crippen molar-refractivity contribution < 1.29 is 0 Å². The second kappa shape index (κ2) is 6.42. The van der Waals surface area contributed by atoms with Crippen LogP contribution in [0.5, 0.6) is 0 Å². The Labute approximate surface area is 83.5 Å². The van der Waals surface area contributed by atoms with Gasteiger partial charge in [0, 0.05) is 0 Å². The van der Waals surface area contributed by atoms with Gasteiger partial charge in [0.25, 0.3) is 0 Å². The SMILES string of the molecule is CCCN(C)CCC1CCCCC1. The Bertz CT molecular complexity index is 116. The fourth-order valence-corrected chi connectivity index (χ4v) is 2.37. The zero-order valence-corrected chi connectivity index (χ0v) is 9.39. The lowest BCUT2D eigenvalue weighted by Crippen LogP contribution is -2.23. The molecule has 0 heterocycles. The van der Waals surface area contributed by atoms with Gasteiger partial charge in [0.1, 0.15) is 0 Å². The van der Waals surface area contributed by atoms with Crippen LogP contribution >= 0.6 is 0 Å². The lowest BCUT2D eigenvalue weighted by molar-refractivity contribution is 0.265. The van der Waals surface area contributed by atoms with Gasteiger partial charge in [-0.3, -0.25) is 0 Å². The first kappa shape index (κ1) is 11.0. The normalized spacial score (nSPS) is 19.6. The fraction of sp³-hybridized carbons (Fsp3) is 1.00. The summed E-state index contributed by atoms with van der Waals surface area (Å²) in [5.41, 5.74) is 0. The van der Waals surface area contributed by atoms with Gasteiger partial charge in [0.2, 0.25) is 0 Å². The Morgan fingerprint density at radius 1 is 1.08 bits per heavy atom. The highest BCUT2D eigenvalue weighted by atomic mass is 15.1. The monoisotopic (exact) mass is 183 g/mol. The molecular formula is C12H25N. The molecule has 0 amide bonds. The molecular weight excluding hydrogens is 158 g/mol. The summed E-state index contributed by atoms with van der Waals surface area (Å²) < 4.78 is 0. The first-order chi connectivity index (χ1) is 6.33. The summed E-state index contributed by atoms with van der Waals surface area (Å²) in [6, 6.07) is 0. The van der Waals surface area contributed by atoms with Gasteiger partial charge in [-0.1, -0.05) is 39.0 Å². The summed E-state index contributed by atoms with van der Waals surface area (Å²) >= 11 is 0. The molecule has 0 bridgehead atoms. The molecule has 1 heteroatoms. The van der Waals surface area contributed by atoms with Crippen molar-refractivity contribution in [1.82, 2.24) is 4.90 Å². The topological polar surface area (TPSA) is 3.24 Å². The zero-order chi connectivity index (χ0) is 9.52. The third kappa shape index (κ3) is 4.66. The van der Waals surface area contributed by atoms with E-state index in [2.05, 4.69) is 18.9 Å². The van der Waals surface area contributed by atoms with Gasteiger partial charge in [-0.15, -0.1) is 0 Å². The molecule has 78 valence electrons. The van der Waals surface area contributed by atoms with Gasteiger partial charge >= 0.3 is 0 Å². The molecule has 0 aromatic heterocycles. The van der Waals surface area contributed by atoms with Gasteiger partial charge in [0.05, 0.1) is 0 Å². The van der Waals surface area contributed by atoms with Crippen LogP contribution in [0.3, 0.4) is 0 Å². The second-order valence-electron chi connectivity index (χ2n) is 4.60. The lowest BCUT2D eigenvalue weighted by atomic mass is 9.87. The molecule has 1 aliphatic carbocycles. The van der Waals surface area contributed by atoms with Crippen LogP contribution in [0.4, 0.5) is 0 Å². The zero-order valence-electron chi connectivity index (χ0n) is 9.39. The Kier molecular flexibility index (Phi) is 5.45. The Morgan fingerprint density at radius 3 is 2.38 bits per heavy atom. The summed E-state index contributed by atoms with van der Waals surface area (Å²) in [5, 5.41) is 0. The van der Waals surface area contributed by atoms with Gasteiger partial charge < -0.3 is 4.90 Å². The molecule has 0 radical (unpaired) electrons. The first-order valence-electron chi connectivity index (χ1n) is 6.01. The highest BCUT2D eigenvalue weighted by Crippen LogP contribution is 2.26. The fourth-order valence-electron chi connectivity index (χ4n) is 2.37. The van der Waals surface area contributed by atoms with Crippen molar-refractivity contribution in [3.8, 4) is 0 Å². The molecule has 1 saturated carbocycles. The van der Waals surface area contributed by atoms with Gasteiger partial charge in [-0.2, -0.15) is 0 Å². The van der Waals surface area contributed by atoms with Crippen LogP contribution in [-0.4, -0.2) is 25.0 Å². The minimum absolute atomic E-state index is 1.05. The second-order valence-corrected chi connectivity index (χ2v) is 4.60. The third-order valence-electron chi connectivity index (χ3n) is 3.25. The molecule has 1 nitrogen and oxygen atoms in total. The Morgan fingerprint density at radius 2 is 1.77 bits per heavy atom. The van der Waals surface area contributed by atoms with Crippen molar-refractivity contribution in [2.24, 2.45) is 5.92 Å².